The minimum absolute atomic E-state index is 0.0266. The van der Waals surface area contributed by atoms with Gasteiger partial charge in [0.15, 0.2) is 0 Å². The Balaban J connectivity index is 2.43. The monoisotopic (exact) mass is 241 g/mol. The summed E-state index contributed by atoms with van der Waals surface area (Å²) < 4.78 is 0. The lowest BCUT2D eigenvalue weighted by Crippen LogP contribution is -2.49. The number of carbonyl (C=O) groups is 2. The van der Waals surface area contributed by atoms with E-state index in [-0.39, 0.29) is 23.8 Å². The van der Waals surface area contributed by atoms with Gasteiger partial charge in [-0.2, -0.15) is 0 Å². The summed E-state index contributed by atoms with van der Waals surface area (Å²) in [6.45, 7) is 3.21. The molecule has 5 heteroatoms. The van der Waals surface area contributed by atoms with Gasteiger partial charge in [-0.15, -0.1) is 0 Å². The molecule has 1 saturated heterocycles. The topological polar surface area (TPSA) is 61.4 Å². The Labute approximate surface area is 103 Å². The number of likely N-dealkylation sites (N-methyl/N-ethyl adjacent to an activating group) is 1. The lowest BCUT2D eigenvalue weighted by atomic mass is 10.0. The van der Waals surface area contributed by atoms with E-state index in [0.717, 1.165) is 25.8 Å². The van der Waals surface area contributed by atoms with Crippen LogP contribution >= 0.6 is 0 Å². The van der Waals surface area contributed by atoms with Crippen LogP contribution in [0, 0.1) is 5.92 Å². The van der Waals surface area contributed by atoms with Crippen LogP contribution < -0.4 is 10.6 Å². The second-order valence-electron chi connectivity index (χ2n) is 4.74. The fraction of sp³-hybridized carbons (Fsp3) is 0.833. The molecule has 2 unspecified atom stereocenters. The van der Waals surface area contributed by atoms with Gasteiger partial charge in [0.05, 0.1) is 12.0 Å². The molecule has 2 N–H and O–H groups in total. The van der Waals surface area contributed by atoms with Crippen molar-refractivity contribution >= 4 is 11.8 Å². The first kappa shape index (κ1) is 14.0. The Morgan fingerprint density at radius 2 is 2.18 bits per heavy atom. The molecule has 1 heterocycles. The van der Waals surface area contributed by atoms with E-state index >= 15 is 0 Å². The molecule has 98 valence electrons. The summed E-state index contributed by atoms with van der Waals surface area (Å²) in [6, 6.07) is -0.0642. The zero-order chi connectivity index (χ0) is 12.8. The van der Waals surface area contributed by atoms with Gasteiger partial charge >= 0.3 is 0 Å². The molecule has 5 nitrogen and oxygen atoms in total. The van der Waals surface area contributed by atoms with Crippen molar-refractivity contribution in [1.29, 1.82) is 0 Å². The van der Waals surface area contributed by atoms with Crippen LogP contribution in [-0.2, 0) is 9.59 Å². The van der Waals surface area contributed by atoms with Crippen molar-refractivity contribution in [2.75, 3.05) is 27.2 Å². The number of carbonyl (C=O) groups excluding carboxylic acids is 2. The molecule has 0 aromatic heterocycles. The standard InChI is InChI=1S/C12H23N3O2/c1-9(11(16)13-2)8-15(3)12(17)10-6-4-5-7-14-10/h9-10,14H,4-8H2,1-3H3,(H,13,16). The highest BCUT2D eigenvalue weighted by molar-refractivity contribution is 5.83. The summed E-state index contributed by atoms with van der Waals surface area (Å²) in [5.74, 6) is -0.0979. The van der Waals surface area contributed by atoms with E-state index in [1.165, 1.54) is 0 Å². The average molecular weight is 241 g/mol. The zero-order valence-corrected chi connectivity index (χ0v) is 11.0. The Morgan fingerprint density at radius 1 is 1.47 bits per heavy atom. The van der Waals surface area contributed by atoms with Crippen LogP contribution in [0.5, 0.6) is 0 Å². The van der Waals surface area contributed by atoms with Crippen LogP contribution in [0.1, 0.15) is 26.2 Å². The molecule has 1 aliphatic heterocycles. The van der Waals surface area contributed by atoms with Crippen LogP contribution in [0.15, 0.2) is 0 Å². The molecule has 2 atom stereocenters. The van der Waals surface area contributed by atoms with Gasteiger partial charge in [0.1, 0.15) is 0 Å². The smallest absolute Gasteiger partial charge is 0.239 e. The fourth-order valence-electron chi connectivity index (χ4n) is 2.16. The predicted octanol–water partition coefficient (Wildman–Crippen LogP) is -0.0310. The van der Waals surface area contributed by atoms with E-state index in [1.54, 1.807) is 19.0 Å². The molecule has 0 aliphatic carbocycles. The van der Waals surface area contributed by atoms with Crippen LogP contribution in [0.3, 0.4) is 0 Å². The van der Waals surface area contributed by atoms with Crippen LogP contribution in [-0.4, -0.2) is 49.9 Å². The first-order chi connectivity index (χ1) is 8.06. The fourth-order valence-corrected chi connectivity index (χ4v) is 2.16. The number of nitrogens with zero attached hydrogens (tertiary/aromatic N) is 1. The largest absolute Gasteiger partial charge is 0.359 e. The molecule has 1 aliphatic rings. The van der Waals surface area contributed by atoms with Crippen molar-refractivity contribution in [1.82, 2.24) is 15.5 Å². The second kappa shape index (κ2) is 6.59. The van der Waals surface area contributed by atoms with E-state index in [0.29, 0.717) is 6.54 Å². The lowest BCUT2D eigenvalue weighted by Gasteiger charge is -2.28. The summed E-state index contributed by atoms with van der Waals surface area (Å²) in [5, 5.41) is 5.82. The molecule has 0 radical (unpaired) electrons. The second-order valence-corrected chi connectivity index (χ2v) is 4.74. The van der Waals surface area contributed by atoms with Crippen molar-refractivity contribution in [2.45, 2.75) is 32.2 Å². The van der Waals surface area contributed by atoms with Gasteiger partial charge in [0, 0.05) is 20.6 Å². The summed E-state index contributed by atoms with van der Waals surface area (Å²) >= 11 is 0. The summed E-state index contributed by atoms with van der Waals surface area (Å²) in [6.07, 6.45) is 3.14. The number of nitrogens with one attached hydrogen (secondary N) is 2. The molecule has 0 saturated carbocycles. The molecular formula is C12H23N3O2. The molecule has 0 spiro atoms. The Kier molecular flexibility index (Phi) is 5.41. The van der Waals surface area contributed by atoms with Gasteiger partial charge < -0.3 is 15.5 Å². The lowest BCUT2D eigenvalue weighted by molar-refractivity contribution is -0.134. The van der Waals surface area contributed by atoms with Crippen molar-refractivity contribution in [2.24, 2.45) is 5.92 Å². The number of hydrogen-bond acceptors (Lipinski definition) is 3. The maximum Gasteiger partial charge on any atom is 0.239 e. The SMILES string of the molecule is CNC(=O)C(C)CN(C)C(=O)C1CCCCN1. The van der Waals surface area contributed by atoms with E-state index in [9.17, 15) is 9.59 Å². The zero-order valence-electron chi connectivity index (χ0n) is 11.0. The molecular weight excluding hydrogens is 218 g/mol. The molecule has 0 bridgehead atoms. The van der Waals surface area contributed by atoms with E-state index < -0.39 is 0 Å². The maximum atomic E-state index is 12.1. The number of rotatable bonds is 4. The Bertz CT molecular complexity index is 275. The van der Waals surface area contributed by atoms with Gasteiger partial charge in [-0.25, -0.2) is 0 Å². The quantitative estimate of drug-likeness (QED) is 0.726. The highest BCUT2D eigenvalue weighted by Crippen LogP contribution is 2.10. The summed E-state index contributed by atoms with van der Waals surface area (Å²) in [5.41, 5.74) is 0. The maximum absolute atomic E-state index is 12.1. The Hall–Kier alpha value is -1.10. The molecule has 1 rings (SSSR count). The molecule has 0 aromatic carbocycles. The number of piperidine rings is 1. The third-order valence-electron chi connectivity index (χ3n) is 3.23. The average Bonchev–Trinajstić information content (AvgIpc) is 2.37. The number of amides is 2. The third-order valence-corrected chi connectivity index (χ3v) is 3.23. The van der Waals surface area contributed by atoms with Crippen molar-refractivity contribution in [3.8, 4) is 0 Å². The van der Waals surface area contributed by atoms with Gasteiger partial charge in [-0.05, 0) is 19.4 Å². The van der Waals surface area contributed by atoms with Crippen LogP contribution in [0.4, 0.5) is 0 Å². The molecule has 2 amide bonds. The van der Waals surface area contributed by atoms with E-state index in [1.807, 2.05) is 6.92 Å². The van der Waals surface area contributed by atoms with Crippen LogP contribution in [0.25, 0.3) is 0 Å². The highest BCUT2D eigenvalue weighted by atomic mass is 16.2. The first-order valence-electron chi connectivity index (χ1n) is 6.26. The summed E-state index contributed by atoms with van der Waals surface area (Å²) in [4.78, 5) is 25.1. The highest BCUT2D eigenvalue weighted by Gasteiger charge is 2.25. The minimum Gasteiger partial charge on any atom is -0.359 e. The van der Waals surface area contributed by atoms with Gasteiger partial charge in [-0.1, -0.05) is 13.3 Å². The van der Waals surface area contributed by atoms with Gasteiger partial charge in [0.25, 0.3) is 0 Å². The normalized spacial score (nSPS) is 21.7. The predicted molar refractivity (Wildman–Crippen MR) is 66.5 cm³/mol. The van der Waals surface area contributed by atoms with Gasteiger partial charge in [0.2, 0.25) is 11.8 Å². The first-order valence-corrected chi connectivity index (χ1v) is 6.26. The number of hydrogen-bond donors (Lipinski definition) is 2. The van der Waals surface area contributed by atoms with E-state index in [4.69, 9.17) is 0 Å². The third kappa shape index (κ3) is 4.00. The minimum atomic E-state index is -0.169. The Morgan fingerprint density at radius 3 is 2.71 bits per heavy atom. The van der Waals surface area contributed by atoms with Crippen LogP contribution in [0.2, 0.25) is 0 Å². The molecule has 0 aromatic rings. The summed E-state index contributed by atoms with van der Waals surface area (Å²) in [7, 11) is 3.38. The van der Waals surface area contributed by atoms with Crippen molar-refractivity contribution in [3.63, 3.8) is 0 Å². The molecule has 1 fully saturated rings. The van der Waals surface area contributed by atoms with E-state index in [2.05, 4.69) is 10.6 Å². The van der Waals surface area contributed by atoms with Gasteiger partial charge in [-0.3, -0.25) is 9.59 Å². The molecule has 17 heavy (non-hydrogen) atoms. The van der Waals surface area contributed by atoms with Crippen molar-refractivity contribution in [3.05, 3.63) is 0 Å². The van der Waals surface area contributed by atoms with Crippen molar-refractivity contribution < 1.29 is 9.59 Å².